The molecule has 2 fully saturated rings. The Bertz CT molecular complexity index is 1220. The normalized spacial score (nSPS) is 22.9. The minimum Gasteiger partial charge on any atom is -0.382 e. The molecule has 36 heavy (non-hydrogen) atoms. The second kappa shape index (κ2) is 10.3. The molecule has 192 valence electrons. The number of alkyl halides is 3. The third-order valence-corrected chi connectivity index (χ3v) is 5.58. The van der Waals surface area contributed by atoms with Gasteiger partial charge in [-0.15, -0.1) is 0 Å². The smallest absolute Gasteiger partial charge is 0.382 e. The summed E-state index contributed by atoms with van der Waals surface area (Å²) in [5.74, 6) is -1.00. The van der Waals surface area contributed by atoms with Crippen molar-refractivity contribution in [1.82, 2.24) is 20.3 Å². The second-order valence-electron chi connectivity index (χ2n) is 8.79. The molecule has 2 aliphatic heterocycles. The van der Waals surface area contributed by atoms with Gasteiger partial charge in [-0.05, 0) is 32.4 Å². The first-order valence-corrected chi connectivity index (χ1v) is 11.3. The molecule has 3 aromatic rings. The van der Waals surface area contributed by atoms with Crippen LogP contribution in [0.3, 0.4) is 0 Å². The Kier molecular flexibility index (Phi) is 7.38. The highest BCUT2D eigenvalue weighted by molar-refractivity contribution is 5.97. The van der Waals surface area contributed by atoms with Crippen LogP contribution in [0.15, 0.2) is 48.9 Å². The Hall–Kier alpha value is -3.35. The fourth-order valence-electron chi connectivity index (χ4n) is 4.02. The van der Waals surface area contributed by atoms with E-state index in [0.717, 1.165) is 23.5 Å². The topological polar surface area (TPSA) is 121 Å². The van der Waals surface area contributed by atoms with Crippen molar-refractivity contribution in [2.24, 2.45) is 0 Å². The number of ether oxygens (including phenoxy) is 3. The van der Waals surface area contributed by atoms with Crippen molar-refractivity contribution in [3.8, 4) is 0 Å². The third-order valence-electron chi connectivity index (χ3n) is 5.58. The molecular formula is C24H26F3N5O4. The Labute approximate surface area is 205 Å². The second-order valence-corrected chi connectivity index (χ2v) is 8.79. The number of fused-ring (bicyclic) bond motifs is 2. The molecule has 2 saturated heterocycles. The van der Waals surface area contributed by atoms with Crippen LogP contribution in [-0.4, -0.2) is 58.1 Å². The van der Waals surface area contributed by atoms with Crippen molar-refractivity contribution < 1.29 is 32.2 Å². The highest BCUT2D eigenvalue weighted by Gasteiger charge is 2.47. The fraction of sp³-hybridized carbons (Fsp3) is 0.417. The lowest BCUT2D eigenvalue weighted by atomic mass is 10.0. The highest BCUT2D eigenvalue weighted by atomic mass is 19.4. The lowest BCUT2D eigenvalue weighted by Gasteiger charge is -2.31. The van der Waals surface area contributed by atoms with Crippen LogP contribution in [-0.2, 0) is 20.4 Å². The van der Waals surface area contributed by atoms with Crippen LogP contribution in [0.25, 0.3) is 10.9 Å². The SMILES string of the molecule is CC1(C)OC2CCOC(CNC(=O)c3cnc4ccccc4c3)C2O1.Nc1cncc(C(F)(F)F)n1. The van der Waals surface area contributed by atoms with E-state index in [0.29, 0.717) is 24.9 Å². The summed E-state index contributed by atoms with van der Waals surface area (Å²) in [6, 6.07) is 9.57. The standard InChI is InChI=1S/C19H22N2O4.C5H4F3N3/c1-19(2)24-15-7-8-23-16(17(15)25-19)11-21-18(22)13-9-12-5-3-4-6-14(12)20-10-13;6-5(7,8)3-1-10-2-4(9)11-3/h3-6,9-10,15-17H,7-8,11H2,1-2H3,(H,21,22);1-2H,(H2,9,11). The van der Waals surface area contributed by atoms with E-state index in [9.17, 15) is 18.0 Å². The predicted octanol–water partition coefficient (Wildman–Crippen LogP) is 3.35. The van der Waals surface area contributed by atoms with Crippen LogP contribution in [0.1, 0.15) is 36.3 Å². The molecule has 0 radical (unpaired) electrons. The van der Waals surface area contributed by atoms with Gasteiger partial charge in [0.15, 0.2) is 11.5 Å². The number of nitrogens with two attached hydrogens (primary N) is 1. The number of hydrogen-bond acceptors (Lipinski definition) is 8. The van der Waals surface area contributed by atoms with Crippen LogP contribution in [0, 0.1) is 0 Å². The predicted molar refractivity (Wildman–Crippen MR) is 124 cm³/mol. The maximum atomic E-state index is 12.5. The summed E-state index contributed by atoms with van der Waals surface area (Å²) in [4.78, 5) is 23.1. The number of nitrogens with one attached hydrogen (secondary N) is 1. The molecule has 3 atom stereocenters. The number of nitrogens with zero attached hydrogens (tertiary/aromatic N) is 3. The molecule has 0 aliphatic carbocycles. The monoisotopic (exact) mass is 505 g/mol. The van der Waals surface area contributed by atoms with Gasteiger partial charge in [-0.2, -0.15) is 13.2 Å². The van der Waals surface area contributed by atoms with E-state index in [1.807, 2.05) is 44.2 Å². The highest BCUT2D eigenvalue weighted by Crippen LogP contribution is 2.35. The summed E-state index contributed by atoms with van der Waals surface area (Å²) in [6.45, 7) is 4.80. The number of amides is 1. The Morgan fingerprint density at radius 2 is 1.97 bits per heavy atom. The van der Waals surface area contributed by atoms with Crippen molar-refractivity contribution in [3.05, 3.63) is 60.2 Å². The molecule has 9 nitrogen and oxygen atoms in total. The number of carbonyl (C=O) groups excluding carboxylic acids is 1. The van der Waals surface area contributed by atoms with Crippen molar-refractivity contribution in [3.63, 3.8) is 0 Å². The molecule has 0 spiro atoms. The molecular weight excluding hydrogens is 479 g/mol. The molecule has 1 aromatic carbocycles. The molecule has 12 heteroatoms. The van der Waals surface area contributed by atoms with Gasteiger partial charge in [0.1, 0.15) is 18.0 Å². The number of carbonyl (C=O) groups is 1. The minimum absolute atomic E-state index is 0.0213. The van der Waals surface area contributed by atoms with Gasteiger partial charge in [0, 0.05) is 24.7 Å². The number of para-hydroxylation sites is 1. The summed E-state index contributed by atoms with van der Waals surface area (Å²) in [7, 11) is 0. The zero-order valence-electron chi connectivity index (χ0n) is 19.7. The molecule has 3 unspecified atom stereocenters. The number of aromatic nitrogens is 3. The zero-order valence-corrected chi connectivity index (χ0v) is 19.7. The molecule has 0 bridgehead atoms. The van der Waals surface area contributed by atoms with Gasteiger partial charge in [-0.1, -0.05) is 18.2 Å². The number of halogens is 3. The number of nitrogen functional groups attached to an aromatic ring is 1. The van der Waals surface area contributed by atoms with Gasteiger partial charge in [-0.3, -0.25) is 14.8 Å². The molecule has 4 heterocycles. The number of hydrogen-bond donors (Lipinski definition) is 2. The Morgan fingerprint density at radius 1 is 1.19 bits per heavy atom. The van der Waals surface area contributed by atoms with Crippen LogP contribution in [0.2, 0.25) is 0 Å². The molecule has 1 amide bonds. The van der Waals surface area contributed by atoms with Crippen molar-refractivity contribution >= 4 is 22.6 Å². The maximum absolute atomic E-state index is 12.5. The lowest BCUT2D eigenvalue weighted by Crippen LogP contribution is -2.48. The minimum atomic E-state index is -4.47. The number of pyridine rings is 1. The largest absolute Gasteiger partial charge is 0.434 e. The van der Waals surface area contributed by atoms with Gasteiger partial charge in [0.05, 0.1) is 29.6 Å². The van der Waals surface area contributed by atoms with Gasteiger partial charge in [0.25, 0.3) is 5.91 Å². The van der Waals surface area contributed by atoms with E-state index in [1.54, 1.807) is 6.20 Å². The summed E-state index contributed by atoms with van der Waals surface area (Å²) >= 11 is 0. The van der Waals surface area contributed by atoms with E-state index < -0.39 is 17.7 Å². The molecule has 2 aliphatic rings. The van der Waals surface area contributed by atoms with Gasteiger partial charge in [0.2, 0.25) is 0 Å². The molecule has 0 saturated carbocycles. The molecule has 5 rings (SSSR count). The summed E-state index contributed by atoms with van der Waals surface area (Å²) in [6.07, 6.45) is -0.730. The van der Waals surface area contributed by atoms with Crippen LogP contribution >= 0.6 is 0 Å². The third kappa shape index (κ3) is 6.25. The quantitative estimate of drug-likeness (QED) is 0.556. The van der Waals surface area contributed by atoms with Crippen LogP contribution in [0.4, 0.5) is 19.0 Å². The fourth-order valence-corrected chi connectivity index (χ4v) is 4.02. The van der Waals surface area contributed by atoms with Crippen molar-refractivity contribution in [1.29, 1.82) is 0 Å². The van der Waals surface area contributed by atoms with Crippen LogP contribution < -0.4 is 11.1 Å². The van der Waals surface area contributed by atoms with Gasteiger partial charge < -0.3 is 25.3 Å². The number of anilines is 1. The van der Waals surface area contributed by atoms with E-state index >= 15 is 0 Å². The number of benzene rings is 1. The van der Waals surface area contributed by atoms with E-state index in [4.69, 9.17) is 19.9 Å². The maximum Gasteiger partial charge on any atom is 0.434 e. The average molecular weight is 505 g/mol. The van der Waals surface area contributed by atoms with Crippen molar-refractivity contribution in [2.75, 3.05) is 18.9 Å². The van der Waals surface area contributed by atoms with E-state index in [1.165, 1.54) is 0 Å². The first-order valence-electron chi connectivity index (χ1n) is 11.3. The van der Waals surface area contributed by atoms with E-state index in [-0.39, 0.29) is 30.0 Å². The van der Waals surface area contributed by atoms with Gasteiger partial charge >= 0.3 is 6.18 Å². The molecule has 2 aromatic heterocycles. The number of rotatable bonds is 3. The summed E-state index contributed by atoms with van der Waals surface area (Å²) in [5.41, 5.74) is 5.32. The zero-order chi connectivity index (χ0) is 25.9. The van der Waals surface area contributed by atoms with Crippen LogP contribution in [0.5, 0.6) is 0 Å². The average Bonchev–Trinajstić information content (AvgIpc) is 3.16. The summed E-state index contributed by atoms with van der Waals surface area (Å²) in [5, 5.41) is 3.88. The van der Waals surface area contributed by atoms with E-state index in [2.05, 4.69) is 20.3 Å². The Morgan fingerprint density at radius 3 is 2.69 bits per heavy atom. The Balaban J connectivity index is 0.000000233. The first kappa shape index (κ1) is 25.7. The van der Waals surface area contributed by atoms with Crippen molar-refractivity contribution in [2.45, 2.75) is 50.5 Å². The molecule has 3 N–H and O–H groups in total. The lowest BCUT2D eigenvalue weighted by molar-refractivity contribution is -0.153. The summed E-state index contributed by atoms with van der Waals surface area (Å²) < 4.78 is 53.1. The van der Waals surface area contributed by atoms with Gasteiger partial charge in [-0.25, -0.2) is 4.98 Å². The first-order chi connectivity index (χ1) is 17.0.